The second kappa shape index (κ2) is 11.5. The summed E-state index contributed by atoms with van der Waals surface area (Å²) in [6, 6.07) is 15.4. The van der Waals surface area contributed by atoms with Gasteiger partial charge in [-0.2, -0.15) is 0 Å². The fourth-order valence-electron chi connectivity index (χ4n) is 4.07. The first-order chi connectivity index (χ1) is 15.9. The zero-order valence-electron chi connectivity index (χ0n) is 19.0. The van der Waals surface area contributed by atoms with Gasteiger partial charge in [-0.15, -0.1) is 0 Å². The molecule has 3 N–H and O–H groups in total. The van der Waals surface area contributed by atoms with Crippen LogP contribution in [0.15, 0.2) is 48.5 Å². The number of nitrogens with zero attached hydrogens (tertiary/aromatic N) is 1. The van der Waals surface area contributed by atoms with E-state index in [1.807, 2.05) is 24.3 Å². The third-order valence-electron chi connectivity index (χ3n) is 5.62. The summed E-state index contributed by atoms with van der Waals surface area (Å²) in [5.41, 5.74) is 4.67. The van der Waals surface area contributed by atoms with Crippen LogP contribution in [-0.4, -0.2) is 67.8 Å². The number of aliphatic carboxylic acids is 1. The summed E-state index contributed by atoms with van der Waals surface area (Å²) in [5.74, 6) is -1.37. The van der Waals surface area contributed by atoms with Crippen LogP contribution < -0.4 is 10.6 Å². The second-order valence-corrected chi connectivity index (χ2v) is 8.43. The van der Waals surface area contributed by atoms with Gasteiger partial charge in [0.05, 0.1) is 0 Å². The molecule has 0 saturated carbocycles. The summed E-state index contributed by atoms with van der Waals surface area (Å²) in [7, 11) is 3.49. The van der Waals surface area contributed by atoms with E-state index in [1.165, 1.54) is 11.1 Å². The van der Waals surface area contributed by atoms with Crippen LogP contribution in [0.3, 0.4) is 0 Å². The number of carbonyl (C=O) groups excluding carboxylic acids is 2. The molecule has 33 heavy (non-hydrogen) atoms. The van der Waals surface area contributed by atoms with E-state index in [4.69, 9.17) is 4.74 Å². The maximum Gasteiger partial charge on any atom is 0.407 e. The molecule has 0 aliphatic heterocycles. The first-order valence-corrected chi connectivity index (χ1v) is 11.1. The third kappa shape index (κ3) is 6.55. The van der Waals surface area contributed by atoms with Crippen molar-refractivity contribution in [1.82, 2.24) is 15.5 Å². The molecule has 0 radical (unpaired) electrons. The first kappa shape index (κ1) is 24.3. The number of carboxylic acids is 1. The molecule has 1 aliphatic carbocycles. The highest BCUT2D eigenvalue weighted by molar-refractivity contribution is 5.83. The minimum absolute atomic E-state index is 0.0104. The number of rotatable bonds is 11. The quantitative estimate of drug-likeness (QED) is 0.452. The normalized spacial score (nSPS) is 13.2. The number of benzene rings is 2. The Balaban J connectivity index is 1.37. The largest absolute Gasteiger partial charge is 0.480 e. The lowest BCUT2D eigenvalue weighted by Gasteiger charge is -2.18. The van der Waals surface area contributed by atoms with E-state index in [-0.39, 0.29) is 31.4 Å². The average molecular weight is 454 g/mol. The minimum atomic E-state index is -1.06. The van der Waals surface area contributed by atoms with Gasteiger partial charge in [-0.3, -0.25) is 4.79 Å². The van der Waals surface area contributed by atoms with E-state index in [9.17, 15) is 19.5 Å². The number of alkyl carbamates (subject to hydrolysis) is 1. The number of likely N-dealkylation sites (N-methyl/N-ethyl adjacent to an activating group) is 1. The fourth-order valence-corrected chi connectivity index (χ4v) is 4.07. The number of hydrogen-bond acceptors (Lipinski definition) is 5. The number of ether oxygens (including phenoxy) is 1. The SMILES string of the molecule is CN(C)C[C@H](NC(=O)CCCCNC(=O)OCC1c2ccccc2-c2ccccc21)C(=O)O. The molecule has 1 aliphatic rings. The van der Waals surface area contributed by atoms with E-state index in [0.717, 1.165) is 11.1 Å². The topological polar surface area (TPSA) is 108 Å². The van der Waals surface area contributed by atoms with Gasteiger partial charge in [-0.05, 0) is 49.2 Å². The summed E-state index contributed by atoms with van der Waals surface area (Å²) < 4.78 is 5.48. The number of unbranched alkanes of at least 4 members (excludes halogenated alkanes) is 1. The predicted molar refractivity (Wildman–Crippen MR) is 125 cm³/mol. The molecule has 3 rings (SSSR count). The molecule has 0 unspecified atom stereocenters. The maximum atomic E-state index is 12.2. The molecule has 1 atom stereocenters. The molecular formula is C25H31N3O5. The van der Waals surface area contributed by atoms with Crippen molar-refractivity contribution in [3.63, 3.8) is 0 Å². The summed E-state index contributed by atoms with van der Waals surface area (Å²) >= 11 is 0. The van der Waals surface area contributed by atoms with Crippen LogP contribution in [0.25, 0.3) is 11.1 Å². The number of carbonyl (C=O) groups is 3. The lowest BCUT2D eigenvalue weighted by molar-refractivity contribution is -0.142. The van der Waals surface area contributed by atoms with Crippen LogP contribution >= 0.6 is 0 Å². The molecule has 176 valence electrons. The zero-order chi connectivity index (χ0) is 23.8. The van der Waals surface area contributed by atoms with Crippen molar-refractivity contribution in [3.8, 4) is 11.1 Å². The number of amides is 2. The van der Waals surface area contributed by atoms with Crippen molar-refractivity contribution in [2.75, 3.05) is 33.8 Å². The molecule has 0 bridgehead atoms. The van der Waals surface area contributed by atoms with Crippen molar-refractivity contribution in [2.45, 2.75) is 31.2 Å². The molecule has 8 heteroatoms. The highest BCUT2D eigenvalue weighted by atomic mass is 16.5. The molecule has 0 saturated heterocycles. The Bertz CT molecular complexity index is 946. The van der Waals surface area contributed by atoms with Crippen LogP contribution in [0, 0.1) is 0 Å². The van der Waals surface area contributed by atoms with Crippen LogP contribution in [0.4, 0.5) is 4.79 Å². The molecule has 0 aromatic heterocycles. The first-order valence-electron chi connectivity index (χ1n) is 11.1. The van der Waals surface area contributed by atoms with E-state index in [1.54, 1.807) is 19.0 Å². The van der Waals surface area contributed by atoms with Gasteiger partial charge in [0, 0.05) is 25.4 Å². The molecular weight excluding hydrogens is 422 g/mol. The molecule has 2 aromatic rings. The monoisotopic (exact) mass is 453 g/mol. The average Bonchev–Trinajstić information content (AvgIpc) is 3.10. The minimum Gasteiger partial charge on any atom is -0.480 e. The molecule has 2 amide bonds. The highest BCUT2D eigenvalue weighted by Gasteiger charge is 2.29. The smallest absolute Gasteiger partial charge is 0.407 e. The van der Waals surface area contributed by atoms with Gasteiger partial charge < -0.3 is 25.4 Å². The summed E-state index contributed by atoms with van der Waals surface area (Å²) in [5, 5.41) is 14.4. The van der Waals surface area contributed by atoms with Crippen molar-refractivity contribution >= 4 is 18.0 Å². The van der Waals surface area contributed by atoms with Crippen LogP contribution in [-0.2, 0) is 14.3 Å². The number of fused-ring (bicyclic) bond motifs is 3. The number of nitrogens with one attached hydrogen (secondary N) is 2. The van der Waals surface area contributed by atoms with Crippen LogP contribution in [0.5, 0.6) is 0 Å². The van der Waals surface area contributed by atoms with Gasteiger partial charge in [0.1, 0.15) is 12.6 Å². The number of carboxylic acid groups (broad SMARTS) is 1. The van der Waals surface area contributed by atoms with E-state index < -0.39 is 18.1 Å². The number of hydrogen-bond donors (Lipinski definition) is 3. The van der Waals surface area contributed by atoms with Crippen molar-refractivity contribution in [1.29, 1.82) is 0 Å². The Labute approximate surface area is 193 Å². The Morgan fingerprint density at radius 1 is 1.00 bits per heavy atom. The van der Waals surface area contributed by atoms with Gasteiger partial charge >= 0.3 is 12.1 Å². The molecule has 0 spiro atoms. The van der Waals surface area contributed by atoms with Crippen LogP contribution in [0.2, 0.25) is 0 Å². The standard InChI is InChI=1S/C25H31N3O5/c1-28(2)15-22(24(30)31)27-23(29)13-7-8-14-26-25(32)33-16-21-19-11-5-3-9-17(19)18-10-4-6-12-20(18)21/h3-6,9-12,21-22H,7-8,13-16H2,1-2H3,(H,26,32)(H,27,29)(H,30,31)/t22-/m0/s1. The summed E-state index contributed by atoms with van der Waals surface area (Å²) in [6.07, 6.45) is 0.828. The Morgan fingerprint density at radius 2 is 1.61 bits per heavy atom. The van der Waals surface area contributed by atoms with Gasteiger partial charge in [0.25, 0.3) is 0 Å². The lowest BCUT2D eigenvalue weighted by atomic mass is 9.98. The maximum absolute atomic E-state index is 12.2. The van der Waals surface area contributed by atoms with Crippen molar-refractivity contribution < 1.29 is 24.2 Å². The highest BCUT2D eigenvalue weighted by Crippen LogP contribution is 2.44. The molecule has 0 fully saturated rings. The van der Waals surface area contributed by atoms with E-state index >= 15 is 0 Å². The van der Waals surface area contributed by atoms with E-state index in [0.29, 0.717) is 19.4 Å². The lowest BCUT2D eigenvalue weighted by Crippen LogP contribution is -2.46. The second-order valence-electron chi connectivity index (χ2n) is 8.43. The summed E-state index contributed by atoms with van der Waals surface area (Å²) in [4.78, 5) is 37.1. The van der Waals surface area contributed by atoms with Crippen molar-refractivity contribution in [3.05, 3.63) is 59.7 Å². The van der Waals surface area contributed by atoms with Gasteiger partial charge in [-0.25, -0.2) is 9.59 Å². The molecule has 2 aromatic carbocycles. The zero-order valence-corrected chi connectivity index (χ0v) is 19.0. The van der Waals surface area contributed by atoms with Gasteiger partial charge in [0.15, 0.2) is 0 Å². The van der Waals surface area contributed by atoms with Gasteiger partial charge in [-0.1, -0.05) is 48.5 Å². The van der Waals surface area contributed by atoms with Crippen molar-refractivity contribution in [2.24, 2.45) is 0 Å². The van der Waals surface area contributed by atoms with E-state index in [2.05, 4.69) is 34.9 Å². The van der Waals surface area contributed by atoms with Crippen LogP contribution in [0.1, 0.15) is 36.3 Å². The Morgan fingerprint density at radius 3 is 2.18 bits per heavy atom. The van der Waals surface area contributed by atoms with Gasteiger partial charge in [0.2, 0.25) is 5.91 Å². The third-order valence-corrected chi connectivity index (χ3v) is 5.62. The summed E-state index contributed by atoms with van der Waals surface area (Å²) in [6.45, 7) is 0.860. The molecule has 8 nitrogen and oxygen atoms in total. The predicted octanol–water partition coefficient (Wildman–Crippen LogP) is 2.83. The Kier molecular flexibility index (Phi) is 8.43. The Hall–Kier alpha value is -3.39. The molecule has 0 heterocycles. The fraction of sp³-hybridized carbons (Fsp3) is 0.400.